The van der Waals surface area contributed by atoms with Crippen molar-refractivity contribution in [2.24, 2.45) is 0 Å². The number of aromatic nitrogens is 4. The second-order valence-electron chi connectivity index (χ2n) is 9.52. The second-order valence-corrected chi connectivity index (χ2v) is 11.0. The number of unbranched alkanes of at least 4 members (excludes halogenated alkanes) is 2. The average Bonchev–Trinajstić information content (AvgIpc) is 3.54. The fraction of sp³-hybridized carbons (Fsp3) is 0.379. The van der Waals surface area contributed by atoms with Crippen LogP contribution in [0.4, 0.5) is 5.82 Å². The van der Waals surface area contributed by atoms with Gasteiger partial charge in [-0.05, 0) is 39.0 Å². The number of piperidine rings is 1. The number of hydrogen-bond acceptors (Lipinski definition) is 4. The third-order valence-corrected chi connectivity index (χ3v) is 8.14. The predicted octanol–water partition coefficient (Wildman–Crippen LogP) is 6.22. The van der Waals surface area contributed by atoms with Crippen LogP contribution in [0.3, 0.4) is 0 Å². The van der Waals surface area contributed by atoms with Crippen molar-refractivity contribution in [2.45, 2.75) is 57.1 Å². The molecule has 0 radical (unpaired) electrons. The van der Waals surface area contributed by atoms with Crippen molar-refractivity contribution in [1.82, 2.24) is 19.7 Å². The summed E-state index contributed by atoms with van der Waals surface area (Å²) in [6, 6.07) is 22.5. The first-order valence-corrected chi connectivity index (χ1v) is 14.4. The third kappa shape index (κ3) is 5.78. The molecule has 1 atom stereocenters. The molecule has 1 saturated heterocycles. The van der Waals surface area contributed by atoms with E-state index in [1.165, 1.54) is 25.0 Å². The molecular weight excluding hydrogens is 466 g/mol. The molecule has 1 aliphatic heterocycles. The highest BCUT2D eigenvalue weighted by molar-refractivity contribution is 7.84. The number of benzene rings is 2. The largest absolute Gasteiger partial charge is 0.355 e. The van der Waals surface area contributed by atoms with Crippen molar-refractivity contribution in [2.75, 3.05) is 23.7 Å². The Hall–Kier alpha value is -3.19. The van der Waals surface area contributed by atoms with Crippen LogP contribution in [0.25, 0.3) is 22.5 Å². The van der Waals surface area contributed by atoms with Gasteiger partial charge in [-0.25, -0.2) is 4.98 Å². The minimum atomic E-state index is -1.17. The molecule has 0 aliphatic carbocycles. The summed E-state index contributed by atoms with van der Waals surface area (Å²) in [6.45, 7) is 5.28. The molecule has 2 aromatic carbocycles. The number of hydrogen-bond donors (Lipinski definition) is 1. The van der Waals surface area contributed by atoms with Gasteiger partial charge in [-0.15, -0.1) is 0 Å². The van der Waals surface area contributed by atoms with Crippen LogP contribution >= 0.6 is 0 Å². The Labute approximate surface area is 216 Å². The second kappa shape index (κ2) is 11.7. The SMILES string of the molecule is Cc1cc(N2CCCCC2)nn1CCCCCS(=O)c1nc(-c2ccccc2)c(-c2ccccc2)[nH]1. The van der Waals surface area contributed by atoms with Crippen molar-refractivity contribution >= 4 is 16.6 Å². The Kier molecular flexibility index (Phi) is 7.96. The van der Waals surface area contributed by atoms with Gasteiger partial charge >= 0.3 is 0 Å². The van der Waals surface area contributed by atoms with E-state index in [-0.39, 0.29) is 0 Å². The Morgan fingerprint density at radius 3 is 2.31 bits per heavy atom. The van der Waals surface area contributed by atoms with Crippen molar-refractivity contribution in [3.05, 3.63) is 72.4 Å². The normalized spacial score (nSPS) is 14.8. The molecule has 0 bridgehead atoms. The van der Waals surface area contributed by atoms with Crippen LogP contribution < -0.4 is 4.90 Å². The Balaban J connectivity index is 1.17. The van der Waals surface area contributed by atoms with E-state index < -0.39 is 10.8 Å². The van der Waals surface area contributed by atoms with Gasteiger partial charge in [0.25, 0.3) is 0 Å². The average molecular weight is 502 g/mol. The van der Waals surface area contributed by atoms with Crippen molar-refractivity contribution < 1.29 is 4.21 Å². The number of rotatable bonds is 10. The fourth-order valence-electron chi connectivity index (χ4n) is 4.84. The van der Waals surface area contributed by atoms with E-state index in [9.17, 15) is 4.21 Å². The number of aromatic amines is 1. The summed E-state index contributed by atoms with van der Waals surface area (Å²) >= 11 is 0. The molecule has 1 unspecified atom stereocenters. The van der Waals surface area contributed by atoms with Crippen molar-refractivity contribution in [3.8, 4) is 22.5 Å². The molecular formula is C29H35N5OS. The van der Waals surface area contributed by atoms with Crippen LogP contribution in [0.15, 0.2) is 71.9 Å². The topological polar surface area (TPSA) is 66.8 Å². The van der Waals surface area contributed by atoms with Gasteiger partial charge in [0, 0.05) is 48.3 Å². The monoisotopic (exact) mass is 501 g/mol. The van der Waals surface area contributed by atoms with E-state index in [4.69, 9.17) is 10.1 Å². The molecule has 7 heteroatoms. The summed E-state index contributed by atoms with van der Waals surface area (Å²) in [6.07, 6.45) is 6.80. The molecule has 0 spiro atoms. The molecule has 0 amide bonds. The van der Waals surface area contributed by atoms with E-state index >= 15 is 0 Å². The van der Waals surface area contributed by atoms with Gasteiger partial charge in [0.15, 0.2) is 11.0 Å². The number of nitrogens with zero attached hydrogens (tertiary/aromatic N) is 4. The van der Waals surface area contributed by atoms with Gasteiger partial charge in [0.2, 0.25) is 0 Å². The summed E-state index contributed by atoms with van der Waals surface area (Å²) in [5, 5.41) is 5.41. The zero-order valence-electron chi connectivity index (χ0n) is 21.0. The number of anilines is 1. The van der Waals surface area contributed by atoms with Crippen LogP contribution in [0.1, 0.15) is 44.2 Å². The van der Waals surface area contributed by atoms with Gasteiger partial charge in [-0.2, -0.15) is 5.10 Å². The molecule has 0 saturated carbocycles. The molecule has 5 rings (SSSR count). The molecule has 4 aromatic rings. The smallest absolute Gasteiger partial charge is 0.197 e. The number of aryl methyl sites for hydroxylation is 2. The summed E-state index contributed by atoms with van der Waals surface area (Å²) in [7, 11) is -1.17. The Bertz CT molecular complexity index is 1220. The highest BCUT2D eigenvalue weighted by Crippen LogP contribution is 2.31. The lowest BCUT2D eigenvalue weighted by molar-refractivity contribution is 0.532. The molecule has 1 fully saturated rings. The summed E-state index contributed by atoms with van der Waals surface area (Å²) in [4.78, 5) is 10.6. The van der Waals surface area contributed by atoms with Crippen LogP contribution in [-0.2, 0) is 17.3 Å². The first kappa shape index (κ1) is 24.5. The van der Waals surface area contributed by atoms with E-state index in [0.717, 1.165) is 67.2 Å². The lowest BCUT2D eigenvalue weighted by Gasteiger charge is -2.26. The minimum Gasteiger partial charge on any atom is -0.355 e. The van der Waals surface area contributed by atoms with Crippen molar-refractivity contribution in [1.29, 1.82) is 0 Å². The lowest BCUT2D eigenvalue weighted by atomic mass is 10.1. The summed E-state index contributed by atoms with van der Waals surface area (Å²) in [5.74, 6) is 1.72. The maximum Gasteiger partial charge on any atom is 0.197 e. The predicted molar refractivity (Wildman–Crippen MR) is 148 cm³/mol. The quantitative estimate of drug-likeness (QED) is 0.262. The Morgan fingerprint density at radius 2 is 1.58 bits per heavy atom. The third-order valence-electron chi connectivity index (χ3n) is 6.86. The molecule has 3 heterocycles. The van der Waals surface area contributed by atoms with Gasteiger partial charge in [0.1, 0.15) is 0 Å². The van der Waals surface area contributed by atoms with Crippen LogP contribution in [-0.4, -0.2) is 42.8 Å². The van der Waals surface area contributed by atoms with Crippen LogP contribution in [0.2, 0.25) is 0 Å². The molecule has 6 nitrogen and oxygen atoms in total. The standard InChI is InChI=1S/C29H35N5OS/c1-23-22-26(33-18-10-4-11-19-33)32-34(23)20-12-5-13-21-36(35)29-30-27(24-14-6-2-7-15-24)28(31-29)25-16-8-3-9-17-25/h2-3,6-9,14-17,22H,4-5,10-13,18-21H2,1H3,(H,30,31). The molecule has 188 valence electrons. The number of imidazole rings is 1. The summed E-state index contributed by atoms with van der Waals surface area (Å²) < 4.78 is 15.3. The maximum atomic E-state index is 13.1. The zero-order chi connectivity index (χ0) is 24.7. The van der Waals surface area contributed by atoms with Gasteiger partial charge in [0.05, 0.1) is 22.2 Å². The summed E-state index contributed by atoms with van der Waals surface area (Å²) in [5.41, 5.74) is 5.06. The molecule has 1 aliphatic rings. The van der Waals surface area contributed by atoms with Gasteiger partial charge in [-0.1, -0.05) is 67.1 Å². The molecule has 2 aromatic heterocycles. The first-order valence-electron chi connectivity index (χ1n) is 13.1. The van der Waals surface area contributed by atoms with E-state index in [1.54, 1.807) is 0 Å². The Morgan fingerprint density at radius 1 is 0.889 bits per heavy atom. The number of nitrogens with one attached hydrogen (secondary N) is 1. The van der Waals surface area contributed by atoms with Crippen LogP contribution in [0.5, 0.6) is 0 Å². The zero-order valence-corrected chi connectivity index (χ0v) is 21.8. The molecule has 36 heavy (non-hydrogen) atoms. The highest BCUT2D eigenvalue weighted by Gasteiger charge is 2.18. The minimum absolute atomic E-state index is 0.557. The number of H-pyrrole nitrogens is 1. The molecule has 1 N–H and O–H groups in total. The van der Waals surface area contributed by atoms with E-state index in [0.29, 0.717) is 10.9 Å². The van der Waals surface area contributed by atoms with Crippen molar-refractivity contribution in [3.63, 3.8) is 0 Å². The lowest BCUT2D eigenvalue weighted by Crippen LogP contribution is -2.29. The van der Waals surface area contributed by atoms with Crippen LogP contribution in [0, 0.1) is 6.92 Å². The van der Waals surface area contributed by atoms with E-state index in [1.807, 2.05) is 48.5 Å². The maximum absolute atomic E-state index is 13.1. The first-order chi connectivity index (χ1) is 17.7. The van der Waals surface area contributed by atoms with Gasteiger partial charge in [-0.3, -0.25) is 8.89 Å². The van der Waals surface area contributed by atoms with E-state index in [2.05, 4.69) is 39.7 Å². The highest BCUT2D eigenvalue weighted by atomic mass is 32.2. The fourth-order valence-corrected chi connectivity index (χ4v) is 5.91. The van der Waals surface area contributed by atoms with Gasteiger partial charge < -0.3 is 9.88 Å².